The van der Waals surface area contributed by atoms with Crippen molar-refractivity contribution >= 4 is 40.7 Å². The molecule has 0 aliphatic rings. The Morgan fingerprint density at radius 1 is 1.08 bits per heavy atom. The van der Waals surface area contributed by atoms with Crippen LogP contribution in [0, 0.1) is 0 Å². The van der Waals surface area contributed by atoms with Gasteiger partial charge in [-0.05, 0) is 35.9 Å². The van der Waals surface area contributed by atoms with Crippen molar-refractivity contribution in [1.29, 1.82) is 0 Å². The van der Waals surface area contributed by atoms with Crippen LogP contribution in [0.3, 0.4) is 0 Å². The van der Waals surface area contributed by atoms with Crippen LogP contribution in [0.5, 0.6) is 5.75 Å². The number of ether oxygens (including phenoxy) is 1. The number of allylic oxidation sites excluding steroid dienone is 1. The Labute approximate surface area is 158 Å². The van der Waals surface area contributed by atoms with Crippen molar-refractivity contribution < 1.29 is 9.53 Å². The first-order valence-corrected chi connectivity index (χ1v) is 9.08. The van der Waals surface area contributed by atoms with Crippen LogP contribution in [0.1, 0.15) is 15.9 Å². The van der Waals surface area contributed by atoms with Crippen molar-refractivity contribution in [2.24, 2.45) is 0 Å². The van der Waals surface area contributed by atoms with Crippen LogP contribution in [-0.4, -0.2) is 37.7 Å². The van der Waals surface area contributed by atoms with E-state index in [1.54, 1.807) is 37.5 Å². The molecular formula is C20H21Cl2NO2. The molecule has 2 rings (SSSR count). The molecule has 0 amide bonds. The first-order chi connectivity index (χ1) is 12.2. The summed E-state index contributed by atoms with van der Waals surface area (Å²) in [4.78, 5) is 14.4. The SMILES string of the molecule is COc1cccc(C(=O)/C=C/c2ccc(N(CCCl)CCCl)cc2)c1. The molecule has 0 N–H and O–H groups in total. The smallest absolute Gasteiger partial charge is 0.185 e. The van der Waals surface area contributed by atoms with Crippen molar-refractivity contribution in [3.05, 3.63) is 65.7 Å². The van der Waals surface area contributed by atoms with Gasteiger partial charge >= 0.3 is 0 Å². The van der Waals surface area contributed by atoms with E-state index in [1.807, 2.05) is 30.3 Å². The predicted octanol–water partition coefficient (Wildman–Crippen LogP) is 4.88. The molecule has 25 heavy (non-hydrogen) atoms. The van der Waals surface area contributed by atoms with Crippen LogP contribution < -0.4 is 9.64 Å². The first-order valence-electron chi connectivity index (χ1n) is 8.01. The van der Waals surface area contributed by atoms with Crippen LogP contribution in [0.15, 0.2) is 54.6 Å². The molecule has 2 aromatic rings. The van der Waals surface area contributed by atoms with Gasteiger partial charge < -0.3 is 9.64 Å². The van der Waals surface area contributed by atoms with Crippen molar-refractivity contribution in [3.8, 4) is 5.75 Å². The Morgan fingerprint density at radius 2 is 1.76 bits per heavy atom. The van der Waals surface area contributed by atoms with E-state index in [4.69, 9.17) is 27.9 Å². The number of halogens is 2. The Hall–Kier alpha value is -1.97. The monoisotopic (exact) mass is 377 g/mol. The zero-order chi connectivity index (χ0) is 18.1. The number of methoxy groups -OCH3 is 1. The number of rotatable bonds is 9. The molecule has 0 saturated heterocycles. The fourth-order valence-electron chi connectivity index (χ4n) is 2.41. The third-order valence-electron chi connectivity index (χ3n) is 3.75. The van der Waals surface area contributed by atoms with Gasteiger partial charge in [0.15, 0.2) is 5.78 Å². The van der Waals surface area contributed by atoms with Crippen LogP contribution in [-0.2, 0) is 0 Å². The van der Waals surface area contributed by atoms with Gasteiger partial charge in [0, 0.05) is 36.1 Å². The van der Waals surface area contributed by atoms with Gasteiger partial charge in [-0.15, -0.1) is 23.2 Å². The summed E-state index contributed by atoms with van der Waals surface area (Å²) in [5, 5.41) is 0. The molecule has 2 aromatic carbocycles. The molecule has 5 heteroatoms. The van der Waals surface area contributed by atoms with Gasteiger partial charge in [-0.25, -0.2) is 0 Å². The predicted molar refractivity (Wildman–Crippen MR) is 106 cm³/mol. The average Bonchev–Trinajstić information content (AvgIpc) is 2.66. The third kappa shape index (κ3) is 5.80. The molecule has 0 saturated carbocycles. The van der Waals surface area contributed by atoms with Gasteiger partial charge in [0.1, 0.15) is 5.75 Å². The minimum atomic E-state index is -0.0612. The average molecular weight is 378 g/mol. The Kier molecular flexibility index (Phi) is 7.83. The summed E-state index contributed by atoms with van der Waals surface area (Å²) >= 11 is 11.7. The normalized spacial score (nSPS) is 10.8. The molecule has 0 fully saturated rings. The summed E-state index contributed by atoms with van der Waals surface area (Å²) in [5.41, 5.74) is 2.62. The molecule has 0 bridgehead atoms. The lowest BCUT2D eigenvalue weighted by Crippen LogP contribution is -2.27. The topological polar surface area (TPSA) is 29.5 Å². The van der Waals surface area contributed by atoms with E-state index in [0.29, 0.717) is 23.1 Å². The minimum Gasteiger partial charge on any atom is -0.497 e. The van der Waals surface area contributed by atoms with Gasteiger partial charge in [0.2, 0.25) is 0 Å². The van der Waals surface area contributed by atoms with Gasteiger partial charge in [0.05, 0.1) is 7.11 Å². The largest absolute Gasteiger partial charge is 0.497 e. The number of carbonyl (C=O) groups is 1. The molecule has 0 aromatic heterocycles. The van der Waals surface area contributed by atoms with Gasteiger partial charge in [-0.2, -0.15) is 0 Å². The van der Waals surface area contributed by atoms with E-state index in [0.717, 1.165) is 24.3 Å². The lowest BCUT2D eigenvalue weighted by atomic mass is 10.1. The molecule has 0 unspecified atom stereocenters. The molecule has 3 nitrogen and oxygen atoms in total. The second-order valence-electron chi connectivity index (χ2n) is 5.39. The Balaban J connectivity index is 2.06. The maximum absolute atomic E-state index is 12.3. The maximum atomic E-state index is 12.3. The van der Waals surface area contributed by atoms with E-state index in [2.05, 4.69) is 4.90 Å². The molecule has 0 atom stereocenters. The highest BCUT2D eigenvalue weighted by molar-refractivity contribution is 6.18. The van der Waals surface area contributed by atoms with E-state index in [1.165, 1.54) is 0 Å². The molecule has 0 radical (unpaired) electrons. The first kappa shape index (κ1) is 19.4. The van der Waals surface area contributed by atoms with Crippen molar-refractivity contribution in [2.75, 3.05) is 36.9 Å². The number of nitrogens with zero attached hydrogens (tertiary/aromatic N) is 1. The molecular weight excluding hydrogens is 357 g/mol. The standard InChI is InChI=1S/C20H21Cl2NO2/c1-25-19-4-2-3-17(15-19)20(24)10-7-16-5-8-18(9-6-16)23(13-11-21)14-12-22/h2-10,15H,11-14H2,1H3/b10-7+. The second kappa shape index (κ2) is 10.1. The van der Waals surface area contributed by atoms with Crippen LogP contribution in [0.25, 0.3) is 6.08 Å². The number of alkyl halides is 2. The minimum absolute atomic E-state index is 0.0612. The summed E-state index contributed by atoms with van der Waals surface area (Å²) in [6, 6.07) is 15.1. The molecule has 0 heterocycles. The number of hydrogen-bond acceptors (Lipinski definition) is 3. The van der Waals surface area contributed by atoms with E-state index >= 15 is 0 Å². The van der Waals surface area contributed by atoms with Crippen molar-refractivity contribution in [1.82, 2.24) is 0 Å². The van der Waals surface area contributed by atoms with E-state index < -0.39 is 0 Å². The molecule has 0 aliphatic carbocycles. The summed E-state index contributed by atoms with van der Waals surface area (Å²) in [6.07, 6.45) is 3.37. The van der Waals surface area contributed by atoms with Gasteiger partial charge in [0.25, 0.3) is 0 Å². The second-order valence-corrected chi connectivity index (χ2v) is 6.14. The highest BCUT2D eigenvalue weighted by Crippen LogP contribution is 2.17. The van der Waals surface area contributed by atoms with Gasteiger partial charge in [-0.1, -0.05) is 30.3 Å². The summed E-state index contributed by atoms with van der Waals surface area (Å²) < 4.78 is 5.14. The summed E-state index contributed by atoms with van der Waals surface area (Å²) in [7, 11) is 1.58. The Morgan fingerprint density at radius 3 is 2.36 bits per heavy atom. The number of anilines is 1. The summed E-state index contributed by atoms with van der Waals surface area (Å²) in [5.74, 6) is 1.71. The van der Waals surface area contributed by atoms with Crippen LogP contribution in [0.2, 0.25) is 0 Å². The highest BCUT2D eigenvalue weighted by atomic mass is 35.5. The summed E-state index contributed by atoms with van der Waals surface area (Å²) in [6.45, 7) is 1.50. The van der Waals surface area contributed by atoms with Crippen LogP contribution >= 0.6 is 23.2 Å². The molecule has 132 valence electrons. The lowest BCUT2D eigenvalue weighted by molar-refractivity contribution is 0.104. The van der Waals surface area contributed by atoms with Crippen molar-refractivity contribution in [3.63, 3.8) is 0 Å². The van der Waals surface area contributed by atoms with E-state index in [-0.39, 0.29) is 5.78 Å². The fraction of sp³-hybridized carbons (Fsp3) is 0.250. The molecule has 0 spiro atoms. The maximum Gasteiger partial charge on any atom is 0.185 e. The quantitative estimate of drug-likeness (QED) is 0.354. The van der Waals surface area contributed by atoms with Gasteiger partial charge in [-0.3, -0.25) is 4.79 Å². The number of ketones is 1. The molecule has 0 aliphatic heterocycles. The fourth-order valence-corrected chi connectivity index (χ4v) is 2.82. The van der Waals surface area contributed by atoms with E-state index in [9.17, 15) is 4.79 Å². The third-order valence-corrected chi connectivity index (χ3v) is 4.09. The zero-order valence-corrected chi connectivity index (χ0v) is 15.6. The van der Waals surface area contributed by atoms with Crippen LogP contribution in [0.4, 0.5) is 5.69 Å². The number of hydrogen-bond donors (Lipinski definition) is 0. The lowest BCUT2D eigenvalue weighted by Gasteiger charge is -2.22. The highest BCUT2D eigenvalue weighted by Gasteiger charge is 2.05. The number of carbonyl (C=O) groups excluding carboxylic acids is 1. The van der Waals surface area contributed by atoms with Crippen molar-refractivity contribution in [2.45, 2.75) is 0 Å². The zero-order valence-electron chi connectivity index (χ0n) is 14.1. The Bertz CT molecular complexity index is 708. The number of benzene rings is 2.